The van der Waals surface area contributed by atoms with Gasteiger partial charge in [-0.15, -0.1) is 0 Å². The van der Waals surface area contributed by atoms with Crippen molar-refractivity contribution in [1.29, 1.82) is 0 Å². The van der Waals surface area contributed by atoms with E-state index in [4.69, 9.17) is 9.97 Å². The minimum absolute atomic E-state index is 0.489. The van der Waals surface area contributed by atoms with Crippen molar-refractivity contribution < 1.29 is 0 Å². The number of hydrogen-bond acceptors (Lipinski definition) is 5. The van der Waals surface area contributed by atoms with Crippen LogP contribution in [-0.4, -0.2) is 54.6 Å². The number of rotatable bonds is 3. The number of likely N-dealkylation sites (N-methyl/N-ethyl adjacent to an activating group) is 1. The zero-order valence-electron chi connectivity index (χ0n) is 13.7. The molecule has 0 bridgehead atoms. The summed E-state index contributed by atoms with van der Waals surface area (Å²) in [4.78, 5) is 14.6. The Labute approximate surface area is 127 Å². The third kappa shape index (κ3) is 2.98. The smallest absolute Gasteiger partial charge is 0.137 e. The van der Waals surface area contributed by atoms with Crippen LogP contribution in [0.5, 0.6) is 0 Å². The summed E-state index contributed by atoms with van der Waals surface area (Å²) in [5.41, 5.74) is 1.18. The zero-order valence-corrected chi connectivity index (χ0v) is 13.7. The molecule has 5 heteroatoms. The highest BCUT2D eigenvalue weighted by atomic mass is 15.3. The van der Waals surface area contributed by atoms with Crippen LogP contribution in [0.4, 0.5) is 11.6 Å². The molecule has 1 saturated heterocycles. The van der Waals surface area contributed by atoms with Gasteiger partial charge in [-0.3, -0.25) is 0 Å². The Morgan fingerprint density at radius 1 is 1.19 bits per heavy atom. The molecule has 1 aliphatic carbocycles. The highest BCUT2D eigenvalue weighted by molar-refractivity contribution is 5.59. The quantitative estimate of drug-likeness (QED) is 0.924. The van der Waals surface area contributed by atoms with Gasteiger partial charge in [0.15, 0.2) is 0 Å². The van der Waals surface area contributed by atoms with E-state index >= 15 is 0 Å². The molecule has 1 atom stereocenters. The number of anilines is 2. The van der Waals surface area contributed by atoms with Crippen LogP contribution in [0, 0.1) is 6.92 Å². The molecular formula is C16H27N5. The molecule has 1 aromatic rings. The van der Waals surface area contributed by atoms with Crippen LogP contribution in [0.3, 0.4) is 0 Å². The zero-order chi connectivity index (χ0) is 15.0. The Balaban J connectivity index is 1.97. The number of aromatic nitrogens is 2. The van der Waals surface area contributed by atoms with E-state index in [0.717, 1.165) is 30.5 Å². The molecule has 1 aliphatic heterocycles. The third-order valence-corrected chi connectivity index (χ3v) is 4.64. The van der Waals surface area contributed by atoms with E-state index in [0.29, 0.717) is 12.0 Å². The first-order chi connectivity index (χ1) is 10.1. The van der Waals surface area contributed by atoms with Crippen molar-refractivity contribution in [3.05, 3.63) is 11.4 Å². The van der Waals surface area contributed by atoms with Crippen LogP contribution in [0.25, 0.3) is 0 Å². The molecule has 0 spiro atoms. The molecule has 2 fully saturated rings. The van der Waals surface area contributed by atoms with Crippen molar-refractivity contribution in [1.82, 2.24) is 14.9 Å². The lowest BCUT2D eigenvalue weighted by molar-refractivity contribution is 0.337. The second kappa shape index (κ2) is 5.79. The summed E-state index contributed by atoms with van der Waals surface area (Å²) in [6.45, 7) is 7.78. The summed E-state index contributed by atoms with van der Waals surface area (Å²) in [5, 5.41) is 3.25. The molecule has 1 N–H and O–H groups in total. The number of hydrogen-bond donors (Lipinski definition) is 1. The lowest BCUT2D eigenvalue weighted by atomic mass is 10.2. The lowest BCUT2D eigenvalue weighted by Gasteiger charge is -2.31. The van der Waals surface area contributed by atoms with Crippen LogP contribution >= 0.6 is 0 Å². The molecule has 0 amide bonds. The Kier molecular flexibility index (Phi) is 4.02. The van der Waals surface area contributed by atoms with Gasteiger partial charge >= 0.3 is 0 Å². The monoisotopic (exact) mass is 289 g/mol. The average molecular weight is 289 g/mol. The minimum atomic E-state index is 0.489. The van der Waals surface area contributed by atoms with E-state index in [1.165, 1.54) is 31.4 Å². The molecule has 116 valence electrons. The largest absolute Gasteiger partial charge is 0.373 e. The van der Waals surface area contributed by atoms with Crippen LogP contribution in [0.2, 0.25) is 0 Å². The van der Waals surface area contributed by atoms with E-state index < -0.39 is 0 Å². The molecule has 0 aromatic carbocycles. The van der Waals surface area contributed by atoms with Gasteiger partial charge in [0.05, 0.1) is 0 Å². The van der Waals surface area contributed by atoms with E-state index in [1.807, 2.05) is 7.05 Å². The molecule has 0 radical (unpaired) electrons. The SMILES string of the molecule is CNc1nc(C2CC2)nc(N2CCCN(C)CC2C)c1C. The van der Waals surface area contributed by atoms with Gasteiger partial charge in [-0.1, -0.05) is 0 Å². The standard InChI is InChI=1S/C16H27N5/c1-11-10-20(4)8-5-9-21(11)16-12(2)14(17-3)18-15(19-16)13-6-7-13/h11,13H,5-10H2,1-4H3,(H,17,18,19). The molecule has 21 heavy (non-hydrogen) atoms. The minimum Gasteiger partial charge on any atom is -0.373 e. The lowest BCUT2D eigenvalue weighted by Crippen LogP contribution is -2.39. The first-order valence-electron chi connectivity index (χ1n) is 8.11. The van der Waals surface area contributed by atoms with Gasteiger partial charge in [-0.05, 0) is 46.7 Å². The van der Waals surface area contributed by atoms with Gasteiger partial charge in [0.2, 0.25) is 0 Å². The topological polar surface area (TPSA) is 44.3 Å². The van der Waals surface area contributed by atoms with Crippen molar-refractivity contribution in [3.8, 4) is 0 Å². The van der Waals surface area contributed by atoms with Crippen LogP contribution < -0.4 is 10.2 Å². The molecule has 3 rings (SSSR count). The maximum atomic E-state index is 4.94. The Morgan fingerprint density at radius 3 is 2.62 bits per heavy atom. The number of nitrogens with one attached hydrogen (secondary N) is 1. The van der Waals surface area contributed by atoms with Crippen molar-refractivity contribution in [2.24, 2.45) is 0 Å². The summed E-state index contributed by atoms with van der Waals surface area (Å²) in [6, 6.07) is 0.489. The van der Waals surface area contributed by atoms with Gasteiger partial charge < -0.3 is 15.1 Å². The van der Waals surface area contributed by atoms with E-state index in [1.54, 1.807) is 0 Å². The van der Waals surface area contributed by atoms with Crippen molar-refractivity contribution in [2.45, 2.75) is 45.1 Å². The predicted molar refractivity (Wildman–Crippen MR) is 87.2 cm³/mol. The summed E-state index contributed by atoms with van der Waals surface area (Å²) >= 11 is 0. The Hall–Kier alpha value is -1.36. The van der Waals surface area contributed by atoms with Crippen molar-refractivity contribution in [3.63, 3.8) is 0 Å². The van der Waals surface area contributed by atoms with Crippen LogP contribution in [0.15, 0.2) is 0 Å². The van der Waals surface area contributed by atoms with Gasteiger partial charge in [0, 0.05) is 37.7 Å². The molecule has 1 unspecified atom stereocenters. The molecule has 1 saturated carbocycles. The van der Waals surface area contributed by atoms with Gasteiger partial charge in [0.25, 0.3) is 0 Å². The Morgan fingerprint density at radius 2 is 1.95 bits per heavy atom. The molecular weight excluding hydrogens is 262 g/mol. The number of nitrogens with zero attached hydrogens (tertiary/aromatic N) is 4. The predicted octanol–water partition coefficient (Wildman–Crippen LogP) is 2.23. The van der Waals surface area contributed by atoms with Gasteiger partial charge in [-0.25, -0.2) is 9.97 Å². The third-order valence-electron chi connectivity index (χ3n) is 4.64. The maximum absolute atomic E-state index is 4.94. The van der Waals surface area contributed by atoms with Gasteiger partial charge in [-0.2, -0.15) is 0 Å². The Bertz CT molecular complexity index is 512. The first-order valence-corrected chi connectivity index (χ1v) is 8.11. The summed E-state index contributed by atoms with van der Waals surface area (Å²) in [5.74, 6) is 3.75. The summed E-state index contributed by atoms with van der Waals surface area (Å²) < 4.78 is 0. The van der Waals surface area contributed by atoms with Crippen molar-refractivity contribution >= 4 is 11.6 Å². The highest BCUT2D eigenvalue weighted by Crippen LogP contribution is 2.40. The molecule has 1 aromatic heterocycles. The first kappa shape index (κ1) is 14.6. The second-order valence-corrected chi connectivity index (χ2v) is 6.56. The van der Waals surface area contributed by atoms with Gasteiger partial charge in [0.1, 0.15) is 17.5 Å². The average Bonchev–Trinajstić information content (AvgIpc) is 3.28. The molecule has 2 aliphatic rings. The van der Waals surface area contributed by atoms with E-state index in [2.05, 4.69) is 36.0 Å². The second-order valence-electron chi connectivity index (χ2n) is 6.56. The van der Waals surface area contributed by atoms with E-state index in [9.17, 15) is 0 Å². The molecule has 5 nitrogen and oxygen atoms in total. The summed E-state index contributed by atoms with van der Waals surface area (Å²) in [6.07, 6.45) is 3.67. The fourth-order valence-electron chi connectivity index (χ4n) is 3.26. The van der Waals surface area contributed by atoms with Crippen molar-refractivity contribution in [2.75, 3.05) is 43.9 Å². The fourth-order valence-corrected chi connectivity index (χ4v) is 3.26. The maximum Gasteiger partial charge on any atom is 0.137 e. The molecule has 2 heterocycles. The fraction of sp³-hybridized carbons (Fsp3) is 0.750. The summed E-state index contributed by atoms with van der Waals surface area (Å²) in [7, 11) is 4.16. The highest BCUT2D eigenvalue weighted by Gasteiger charge is 2.30. The van der Waals surface area contributed by atoms with Crippen LogP contribution in [0.1, 0.15) is 43.5 Å². The van der Waals surface area contributed by atoms with Crippen LogP contribution in [-0.2, 0) is 0 Å². The normalized spacial score (nSPS) is 24.0. The van der Waals surface area contributed by atoms with E-state index in [-0.39, 0.29) is 0 Å².